The van der Waals surface area contributed by atoms with Crippen molar-refractivity contribution >= 4 is 11.8 Å². The van der Waals surface area contributed by atoms with Gasteiger partial charge in [0.15, 0.2) is 0 Å². The molecule has 3 fully saturated rings. The Bertz CT molecular complexity index is 383. The first kappa shape index (κ1) is 13.1. The van der Waals surface area contributed by atoms with Gasteiger partial charge >= 0.3 is 0 Å². The summed E-state index contributed by atoms with van der Waals surface area (Å²) in [7, 11) is 0. The van der Waals surface area contributed by atoms with E-state index < -0.39 is 0 Å². The largest absolute Gasteiger partial charge is 0.312 e. The average molecular weight is 264 g/mol. The van der Waals surface area contributed by atoms with Crippen molar-refractivity contribution in [3.8, 4) is 0 Å². The van der Waals surface area contributed by atoms with Gasteiger partial charge in [0.1, 0.15) is 0 Å². The van der Waals surface area contributed by atoms with Gasteiger partial charge in [-0.25, -0.2) is 0 Å². The first-order chi connectivity index (χ1) is 8.99. The van der Waals surface area contributed by atoms with E-state index in [4.69, 9.17) is 0 Å². The predicted molar refractivity (Wildman–Crippen MR) is 72.4 cm³/mol. The van der Waals surface area contributed by atoms with Crippen LogP contribution in [-0.2, 0) is 9.59 Å². The highest BCUT2D eigenvalue weighted by molar-refractivity contribution is 6.00. The summed E-state index contributed by atoms with van der Waals surface area (Å²) in [5, 5.41) is 3.50. The van der Waals surface area contributed by atoms with E-state index in [2.05, 4.69) is 19.2 Å². The maximum Gasteiger partial charge on any atom is 0.232 e. The van der Waals surface area contributed by atoms with Gasteiger partial charge in [0, 0.05) is 24.4 Å². The lowest BCUT2D eigenvalue weighted by atomic mass is 9.77. The number of nitrogens with zero attached hydrogens (tertiary/aromatic N) is 1. The molecule has 1 saturated carbocycles. The Morgan fingerprint density at radius 3 is 2.42 bits per heavy atom. The quantitative estimate of drug-likeness (QED) is 0.770. The fourth-order valence-corrected chi connectivity index (χ4v) is 3.92. The van der Waals surface area contributed by atoms with E-state index in [0.717, 1.165) is 32.2 Å². The molecule has 2 amide bonds. The summed E-state index contributed by atoms with van der Waals surface area (Å²) in [5.74, 6) is 0.410. The number of piperidine rings is 2. The highest BCUT2D eigenvalue weighted by Gasteiger charge is 2.47. The van der Waals surface area contributed by atoms with E-state index >= 15 is 0 Å². The zero-order valence-electron chi connectivity index (χ0n) is 11.9. The number of carbonyl (C=O) groups excluding carboxylic acids is 2. The molecule has 106 valence electrons. The van der Waals surface area contributed by atoms with Gasteiger partial charge in [-0.15, -0.1) is 0 Å². The molecule has 2 heterocycles. The van der Waals surface area contributed by atoms with Gasteiger partial charge in [-0.1, -0.05) is 13.8 Å². The molecule has 0 aromatic rings. The highest BCUT2D eigenvalue weighted by atomic mass is 16.2. The summed E-state index contributed by atoms with van der Waals surface area (Å²) in [5.41, 5.74) is 0.162. The summed E-state index contributed by atoms with van der Waals surface area (Å²) < 4.78 is 0. The van der Waals surface area contributed by atoms with Crippen molar-refractivity contribution in [3.05, 3.63) is 0 Å². The molecular weight excluding hydrogens is 240 g/mol. The topological polar surface area (TPSA) is 49.4 Å². The molecule has 3 atom stereocenters. The van der Waals surface area contributed by atoms with Crippen LogP contribution in [0, 0.1) is 17.3 Å². The molecule has 4 heteroatoms. The molecule has 0 aromatic heterocycles. The van der Waals surface area contributed by atoms with Crippen LogP contribution >= 0.6 is 0 Å². The molecule has 19 heavy (non-hydrogen) atoms. The number of hydrogen-bond acceptors (Lipinski definition) is 3. The smallest absolute Gasteiger partial charge is 0.232 e. The van der Waals surface area contributed by atoms with Crippen molar-refractivity contribution in [1.82, 2.24) is 10.2 Å². The molecular formula is C15H24N2O2. The molecule has 2 bridgehead atoms. The van der Waals surface area contributed by atoms with Crippen LogP contribution in [0.3, 0.4) is 0 Å². The minimum atomic E-state index is 0.0851. The molecule has 0 aromatic carbocycles. The lowest BCUT2D eigenvalue weighted by molar-refractivity contribution is -0.153. The summed E-state index contributed by atoms with van der Waals surface area (Å²) in [6.45, 7) is 6.03. The number of fused-ring (bicyclic) bond motifs is 2. The van der Waals surface area contributed by atoms with Crippen LogP contribution in [0.4, 0.5) is 0 Å². The van der Waals surface area contributed by atoms with Crippen LogP contribution in [0.5, 0.6) is 0 Å². The van der Waals surface area contributed by atoms with Gasteiger partial charge in [-0.3, -0.25) is 14.5 Å². The van der Waals surface area contributed by atoms with Gasteiger partial charge in [0.25, 0.3) is 0 Å². The first-order valence-corrected chi connectivity index (χ1v) is 7.57. The predicted octanol–water partition coefficient (Wildman–Crippen LogP) is 1.55. The highest BCUT2D eigenvalue weighted by Crippen LogP contribution is 2.39. The Hall–Kier alpha value is -0.900. The van der Waals surface area contributed by atoms with Crippen LogP contribution in [-0.4, -0.2) is 35.8 Å². The van der Waals surface area contributed by atoms with Gasteiger partial charge in [-0.2, -0.15) is 0 Å². The zero-order valence-corrected chi connectivity index (χ0v) is 11.9. The van der Waals surface area contributed by atoms with Crippen LogP contribution in [0.1, 0.15) is 46.0 Å². The molecule has 0 radical (unpaired) electrons. The number of hydrogen-bond donors (Lipinski definition) is 1. The van der Waals surface area contributed by atoms with E-state index in [-0.39, 0.29) is 35.1 Å². The molecule has 3 unspecified atom stereocenters. The van der Waals surface area contributed by atoms with Crippen molar-refractivity contribution in [2.75, 3.05) is 13.1 Å². The van der Waals surface area contributed by atoms with Crippen molar-refractivity contribution in [2.45, 2.75) is 52.0 Å². The first-order valence-electron chi connectivity index (χ1n) is 7.57. The lowest BCUT2D eigenvalue weighted by Crippen LogP contribution is -2.57. The Labute approximate surface area is 114 Å². The summed E-state index contributed by atoms with van der Waals surface area (Å²) in [4.78, 5) is 26.3. The van der Waals surface area contributed by atoms with Crippen LogP contribution in [0.2, 0.25) is 0 Å². The molecule has 1 N–H and O–H groups in total. The third-order valence-corrected chi connectivity index (χ3v) is 5.36. The van der Waals surface area contributed by atoms with Gasteiger partial charge < -0.3 is 5.32 Å². The summed E-state index contributed by atoms with van der Waals surface area (Å²) in [6.07, 6.45) is 4.96. The number of rotatable bonds is 2. The second-order valence-corrected chi connectivity index (χ2v) is 7.09. The second kappa shape index (κ2) is 4.58. The average Bonchev–Trinajstić information content (AvgIpc) is 2.81. The third kappa shape index (κ3) is 2.20. The summed E-state index contributed by atoms with van der Waals surface area (Å²) in [6, 6.07) is 0.242. The van der Waals surface area contributed by atoms with Crippen LogP contribution in [0.25, 0.3) is 0 Å². The van der Waals surface area contributed by atoms with Gasteiger partial charge in [-0.05, 0) is 44.1 Å². The molecule has 0 spiro atoms. The van der Waals surface area contributed by atoms with E-state index in [1.165, 1.54) is 6.42 Å². The van der Waals surface area contributed by atoms with Crippen molar-refractivity contribution in [1.29, 1.82) is 0 Å². The van der Waals surface area contributed by atoms with Crippen molar-refractivity contribution < 1.29 is 9.59 Å². The SMILES string of the molecule is CC1(C)CCCNC1CN1C(=O)C2CCC(C2)C1=O. The van der Waals surface area contributed by atoms with Crippen LogP contribution in [0.15, 0.2) is 0 Å². The maximum atomic E-state index is 12.4. The number of imide groups is 1. The Morgan fingerprint density at radius 1 is 1.21 bits per heavy atom. The number of nitrogens with one attached hydrogen (secondary N) is 1. The van der Waals surface area contributed by atoms with Gasteiger partial charge in [0.2, 0.25) is 11.8 Å². The van der Waals surface area contributed by atoms with Crippen LogP contribution < -0.4 is 5.32 Å². The van der Waals surface area contributed by atoms with Crippen molar-refractivity contribution in [2.24, 2.45) is 17.3 Å². The maximum absolute atomic E-state index is 12.4. The molecule has 4 nitrogen and oxygen atoms in total. The third-order valence-electron chi connectivity index (χ3n) is 5.36. The fraction of sp³-hybridized carbons (Fsp3) is 0.867. The molecule has 1 aliphatic carbocycles. The number of amides is 2. The molecule has 3 aliphatic rings. The Balaban J connectivity index is 1.75. The standard InChI is InChI=1S/C15H24N2O2/c1-15(2)6-3-7-16-12(15)9-17-13(18)10-4-5-11(8-10)14(17)19/h10-12,16H,3-9H2,1-2H3. The Kier molecular flexibility index (Phi) is 3.16. The van der Waals surface area contributed by atoms with E-state index in [9.17, 15) is 9.59 Å². The minimum absolute atomic E-state index is 0.0851. The van der Waals surface area contributed by atoms with E-state index in [1.54, 1.807) is 4.90 Å². The molecule has 3 rings (SSSR count). The molecule has 2 saturated heterocycles. The van der Waals surface area contributed by atoms with E-state index in [0.29, 0.717) is 6.54 Å². The Morgan fingerprint density at radius 2 is 1.84 bits per heavy atom. The zero-order chi connectivity index (χ0) is 13.6. The minimum Gasteiger partial charge on any atom is -0.312 e. The number of carbonyl (C=O) groups is 2. The summed E-state index contributed by atoms with van der Waals surface area (Å²) >= 11 is 0. The second-order valence-electron chi connectivity index (χ2n) is 7.09. The molecule has 2 aliphatic heterocycles. The van der Waals surface area contributed by atoms with Gasteiger partial charge in [0.05, 0.1) is 0 Å². The fourth-order valence-electron chi connectivity index (χ4n) is 3.92. The normalized spacial score (nSPS) is 37.8. The lowest BCUT2D eigenvalue weighted by Gasteiger charge is -2.42. The van der Waals surface area contributed by atoms with E-state index in [1.807, 2.05) is 0 Å². The monoisotopic (exact) mass is 264 g/mol. The number of likely N-dealkylation sites (tertiary alicyclic amines) is 1. The van der Waals surface area contributed by atoms with Crippen molar-refractivity contribution in [3.63, 3.8) is 0 Å².